The van der Waals surface area contributed by atoms with Crippen molar-refractivity contribution in [3.63, 3.8) is 0 Å². The van der Waals surface area contributed by atoms with E-state index in [0.29, 0.717) is 22.0 Å². The molecule has 6 heteroatoms. The van der Waals surface area contributed by atoms with Crippen molar-refractivity contribution >= 4 is 22.9 Å². The fourth-order valence-corrected chi connectivity index (χ4v) is 2.41. The van der Waals surface area contributed by atoms with Crippen LogP contribution in [0.25, 0.3) is 0 Å². The zero-order valence-corrected chi connectivity index (χ0v) is 10.7. The summed E-state index contributed by atoms with van der Waals surface area (Å²) in [5.41, 5.74) is 6.13. The van der Waals surface area contributed by atoms with Crippen molar-refractivity contribution < 1.29 is 4.39 Å². The predicted octanol–water partition coefficient (Wildman–Crippen LogP) is 2.94. The first-order valence-corrected chi connectivity index (χ1v) is 6.28. The number of halogens is 2. The largest absolute Gasteiger partial charge is 0.322 e. The molecule has 1 aromatic carbocycles. The molecule has 0 aliphatic carbocycles. The summed E-state index contributed by atoms with van der Waals surface area (Å²) < 4.78 is 13.5. The van der Waals surface area contributed by atoms with Crippen LogP contribution in [0.15, 0.2) is 18.2 Å². The quantitative estimate of drug-likeness (QED) is 0.934. The number of benzene rings is 1. The Bertz CT molecular complexity index is 507. The molecule has 1 aromatic heterocycles. The number of aromatic nitrogens is 2. The lowest BCUT2D eigenvalue weighted by Crippen LogP contribution is -2.03. The highest BCUT2D eigenvalue weighted by Gasteiger charge is 2.12. The zero-order chi connectivity index (χ0) is 12.4. The highest BCUT2D eigenvalue weighted by molar-refractivity contribution is 7.11. The first-order valence-electron chi connectivity index (χ1n) is 5.08. The SMILES string of the molecule is CC(N)c1nnc(Cc2c(F)cccc2Cl)s1. The maximum absolute atomic E-state index is 13.5. The van der Waals surface area contributed by atoms with Crippen LogP contribution >= 0.6 is 22.9 Å². The molecule has 0 saturated heterocycles. The standard InChI is InChI=1S/C11H11ClFN3S/c1-6(14)11-16-15-10(17-11)5-7-8(12)3-2-4-9(7)13/h2-4,6H,5,14H2,1H3. The summed E-state index contributed by atoms with van der Waals surface area (Å²) in [6.07, 6.45) is 0.343. The van der Waals surface area contributed by atoms with Crippen molar-refractivity contribution in [2.75, 3.05) is 0 Å². The molecule has 1 unspecified atom stereocenters. The Morgan fingerprint density at radius 1 is 1.47 bits per heavy atom. The summed E-state index contributed by atoms with van der Waals surface area (Å²) in [4.78, 5) is 0. The van der Waals surface area contributed by atoms with Crippen molar-refractivity contribution in [2.24, 2.45) is 5.73 Å². The Morgan fingerprint density at radius 3 is 2.82 bits per heavy atom. The molecule has 0 radical (unpaired) electrons. The molecule has 1 atom stereocenters. The van der Waals surface area contributed by atoms with E-state index in [1.165, 1.54) is 17.4 Å². The van der Waals surface area contributed by atoms with Crippen LogP contribution in [0.2, 0.25) is 5.02 Å². The zero-order valence-electron chi connectivity index (χ0n) is 9.15. The number of rotatable bonds is 3. The van der Waals surface area contributed by atoms with Crippen LogP contribution < -0.4 is 5.73 Å². The summed E-state index contributed by atoms with van der Waals surface area (Å²) in [6, 6.07) is 4.47. The van der Waals surface area contributed by atoms with Crippen LogP contribution in [0, 0.1) is 5.82 Å². The number of nitrogens with two attached hydrogens (primary N) is 1. The molecule has 2 N–H and O–H groups in total. The molecule has 0 saturated carbocycles. The third kappa shape index (κ3) is 2.80. The molecule has 0 spiro atoms. The van der Waals surface area contributed by atoms with Gasteiger partial charge in [0.15, 0.2) is 0 Å². The first-order chi connectivity index (χ1) is 8.08. The fraction of sp³-hybridized carbons (Fsp3) is 0.273. The van der Waals surface area contributed by atoms with Crippen LogP contribution in [0.3, 0.4) is 0 Å². The summed E-state index contributed by atoms with van der Waals surface area (Å²) in [7, 11) is 0. The van der Waals surface area contributed by atoms with Gasteiger partial charge in [-0.3, -0.25) is 0 Å². The molecular weight excluding hydrogens is 261 g/mol. The van der Waals surface area contributed by atoms with Gasteiger partial charge in [-0.25, -0.2) is 4.39 Å². The first kappa shape index (κ1) is 12.4. The van der Waals surface area contributed by atoms with E-state index >= 15 is 0 Å². The smallest absolute Gasteiger partial charge is 0.133 e. The van der Waals surface area contributed by atoms with Crippen molar-refractivity contribution in [1.82, 2.24) is 10.2 Å². The maximum Gasteiger partial charge on any atom is 0.133 e. The fourth-order valence-electron chi connectivity index (χ4n) is 1.37. The molecule has 2 aromatic rings. The van der Waals surface area contributed by atoms with Crippen molar-refractivity contribution in [1.29, 1.82) is 0 Å². The molecule has 0 amide bonds. The van der Waals surface area contributed by atoms with E-state index in [2.05, 4.69) is 10.2 Å². The van der Waals surface area contributed by atoms with Crippen molar-refractivity contribution in [3.05, 3.63) is 44.6 Å². The van der Waals surface area contributed by atoms with Crippen LogP contribution in [0.4, 0.5) is 4.39 Å². The van der Waals surface area contributed by atoms with E-state index in [4.69, 9.17) is 17.3 Å². The van der Waals surface area contributed by atoms with E-state index < -0.39 is 0 Å². The minimum Gasteiger partial charge on any atom is -0.322 e. The van der Waals surface area contributed by atoms with E-state index in [0.717, 1.165) is 5.01 Å². The van der Waals surface area contributed by atoms with Crippen molar-refractivity contribution in [2.45, 2.75) is 19.4 Å². The maximum atomic E-state index is 13.5. The summed E-state index contributed by atoms with van der Waals surface area (Å²) >= 11 is 7.32. The Labute approximate surface area is 107 Å². The second-order valence-corrected chi connectivity index (χ2v) is 5.20. The molecule has 2 rings (SSSR count). The summed E-state index contributed by atoms with van der Waals surface area (Å²) in [5.74, 6) is -0.324. The number of nitrogens with zero attached hydrogens (tertiary/aromatic N) is 2. The molecule has 0 bridgehead atoms. The average Bonchev–Trinajstić information content (AvgIpc) is 2.72. The lowest BCUT2D eigenvalue weighted by Gasteiger charge is -2.02. The normalized spacial score (nSPS) is 12.7. The van der Waals surface area contributed by atoms with Gasteiger partial charge in [0.25, 0.3) is 0 Å². The van der Waals surface area contributed by atoms with E-state index in [1.807, 2.05) is 6.92 Å². The molecule has 0 aliphatic rings. The average molecular weight is 272 g/mol. The molecule has 90 valence electrons. The Kier molecular flexibility index (Phi) is 3.71. The Morgan fingerprint density at radius 2 is 2.24 bits per heavy atom. The van der Waals surface area contributed by atoms with Gasteiger partial charge in [-0.2, -0.15) is 0 Å². The van der Waals surface area contributed by atoms with Gasteiger partial charge in [0.2, 0.25) is 0 Å². The lowest BCUT2D eigenvalue weighted by molar-refractivity contribution is 0.613. The molecule has 0 fully saturated rings. The van der Waals surface area contributed by atoms with Crippen LogP contribution in [0.1, 0.15) is 28.5 Å². The summed E-state index contributed by atoms with van der Waals surface area (Å²) in [6.45, 7) is 1.83. The molecule has 1 heterocycles. The van der Waals surface area contributed by atoms with Crippen molar-refractivity contribution in [3.8, 4) is 0 Å². The highest BCUT2D eigenvalue weighted by Crippen LogP contribution is 2.24. The lowest BCUT2D eigenvalue weighted by atomic mass is 10.1. The minimum atomic E-state index is -0.324. The van der Waals surface area contributed by atoms with Gasteiger partial charge >= 0.3 is 0 Å². The molecular formula is C11H11ClFN3S. The van der Waals surface area contributed by atoms with Gasteiger partial charge in [-0.15, -0.1) is 10.2 Å². The predicted molar refractivity (Wildman–Crippen MR) is 66.7 cm³/mol. The van der Waals surface area contributed by atoms with E-state index in [9.17, 15) is 4.39 Å². The minimum absolute atomic E-state index is 0.155. The monoisotopic (exact) mass is 271 g/mol. The summed E-state index contributed by atoms with van der Waals surface area (Å²) in [5, 5.41) is 9.79. The molecule has 17 heavy (non-hydrogen) atoms. The van der Waals surface area contributed by atoms with E-state index in [-0.39, 0.29) is 11.9 Å². The topological polar surface area (TPSA) is 51.8 Å². The third-order valence-corrected chi connectivity index (χ3v) is 3.74. The number of hydrogen-bond acceptors (Lipinski definition) is 4. The van der Waals surface area contributed by atoms with Gasteiger partial charge in [0, 0.05) is 17.0 Å². The van der Waals surface area contributed by atoms with Crippen LogP contribution in [-0.2, 0) is 6.42 Å². The van der Waals surface area contributed by atoms with Gasteiger partial charge < -0.3 is 5.73 Å². The van der Waals surface area contributed by atoms with Gasteiger partial charge in [-0.05, 0) is 19.1 Å². The van der Waals surface area contributed by atoms with E-state index in [1.54, 1.807) is 12.1 Å². The molecule has 3 nitrogen and oxygen atoms in total. The number of hydrogen-bond donors (Lipinski definition) is 1. The van der Waals surface area contributed by atoms with Gasteiger partial charge in [0.05, 0.1) is 6.04 Å². The third-order valence-electron chi connectivity index (χ3n) is 2.26. The Hall–Kier alpha value is -1.04. The Balaban J connectivity index is 2.25. The van der Waals surface area contributed by atoms with Gasteiger partial charge in [0.1, 0.15) is 15.8 Å². The second kappa shape index (κ2) is 5.08. The highest BCUT2D eigenvalue weighted by atomic mass is 35.5. The second-order valence-electron chi connectivity index (χ2n) is 3.70. The molecule has 0 aliphatic heterocycles. The van der Waals surface area contributed by atoms with Gasteiger partial charge in [-0.1, -0.05) is 29.0 Å². The van der Waals surface area contributed by atoms with Crippen LogP contribution in [-0.4, -0.2) is 10.2 Å². The van der Waals surface area contributed by atoms with Crippen LogP contribution in [0.5, 0.6) is 0 Å².